The number of benzene rings is 1. The van der Waals surface area contributed by atoms with Crippen molar-refractivity contribution in [3.05, 3.63) is 64.6 Å². The van der Waals surface area contributed by atoms with Crippen LogP contribution in [0, 0.1) is 13.8 Å². The number of anilines is 1. The SMILES string of the molecule is COC(=Nc1c(C)[nH][n+](C)c1C)c1ccc(NCc2nc3ccccc3s2)nc1. The van der Waals surface area contributed by atoms with E-state index in [0.29, 0.717) is 12.4 Å². The first-order chi connectivity index (χ1) is 14.0. The third kappa shape index (κ3) is 3.97. The highest BCUT2D eigenvalue weighted by Crippen LogP contribution is 2.23. The molecule has 0 fully saturated rings. The Morgan fingerprint density at radius 1 is 1.24 bits per heavy atom. The molecule has 0 spiro atoms. The van der Waals surface area contributed by atoms with Gasteiger partial charge in [0.15, 0.2) is 12.7 Å². The van der Waals surface area contributed by atoms with Crippen LogP contribution >= 0.6 is 11.3 Å². The molecule has 0 amide bonds. The Labute approximate surface area is 173 Å². The van der Waals surface area contributed by atoms with Gasteiger partial charge in [0.25, 0.3) is 0 Å². The fourth-order valence-corrected chi connectivity index (χ4v) is 4.01. The zero-order valence-corrected chi connectivity index (χ0v) is 17.7. The lowest BCUT2D eigenvalue weighted by molar-refractivity contribution is -0.732. The van der Waals surface area contributed by atoms with E-state index in [-0.39, 0.29) is 0 Å². The number of aromatic amines is 1. The summed E-state index contributed by atoms with van der Waals surface area (Å²) in [4.78, 5) is 13.8. The number of fused-ring (bicyclic) bond motifs is 1. The first kappa shape index (κ1) is 19.1. The van der Waals surface area contributed by atoms with Crippen LogP contribution in [0.1, 0.15) is 22.0 Å². The van der Waals surface area contributed by atoms with E-state index in [0.717, 1.165) is 39.0 Å². The minimum atomic E-state index is 0.529. The Morgan fingerprint density at radius 3 is 2.72 bits per heavy atom. The van der Waals surface area contributed by atoms with Crippen LogP contribution in [0.3, 0.4) is 0 Å². The van der Waals surface area contributed by atoms with Gasteiger partial charge in [-0.25, -0.2) is 15.0 Å². The number of hydrogen-bond donors (Lipinski definition) is 2. The van der Waals surface area contributed by atoms with Crippen molar-refractivity contribution in [1.82, 2.24) is 15.1 Å². The van der Waals surface area contributed by atoms with Crippen molar-refractivity contribution in [3.8, 4) is 0 Å². The predicted octanol–water partition coefficient (Wildman–Crippen LogP) is 3.80. The summed E-state index contributed by atoms with van der Waals surface area (Å²) in [7, 11) is 3.58. The number of nitrogens with one attached hydrogen (secondary N) is 2. The topological polar surface area (TPSA) is 79.1 Å². The largest absolute Gasteiger partial charge is 0.481 e. The second-order valence-electron chi connectivity index (χ2n) is 6.71. The Morgan fingerprint density at radius 2 is 2.07 bits per heavy atom. The molecule has 0 saturated carbocycles. The molecule has 0 bridgehead atoms. The predicted molar refractivity (Wildman–Crippen MR) is 116 cm³/mol. The number of rotatable bonds is 5. The van der Waals surface area contributed by atoms with E-state index in [1.807, 2.05) is 55.9 Å². The summed E-state index contributed by atoms with van der Waals surface area (Å²) in [5, 5.41) is 7.59. The number of thiazole rings is 1. The third-order valence-corrected chi connectivity index (χ3v) is 5.75. The minimum absolute atomic E-state index is 0.529. The Bertz CT molecular complexity index is 1140. The van der Waals surface area contributed by atoms with Crippen molar-refractivity contribution in [3.63, 3.8) is 0 Å². The fourth-order valence-electron chi connectivity index (χ4n) is 3.10. The number of ether oxygens (including phenoxy) is 1. The Kier molecular flexibility index (Phi) is 5.26. The first-order valence-electron chi connectivity index (χ1n) is 9.28. The number of hydrogen-bond acceptors (Lipinski definition) is 6. The fraction of sp³-hybridized carbons (Fsp3) is 0.238. The Balaban J connectivity index is 1.49. The highest BCUT2D eigenvalue weighted by Gasteiger charge is 2.17. The van der Waals surface area contributed by atoms with Gasteiger partial charge in [-0.1, -0.05) is 12.1 Å². The van der Waals surface area contributed by atoms with Gasteiger partial charge < -0.3 is 10.1 Å². The quantitative estimate of drug-likeness (QED) is 0.300. The van der Waals surface area contributed by atoms with Gasteiger partial charge in [-0.2, -0.15) is 5.10 Å². The highest BCUT2D eigenvalue weighted by molar-refractivity contribution is 7.18. The van der Waals surface area contributed by atoms with Gasteiger partial charge in [-0.3, -0.25) is 0 Å². The van der Waals surface area contributed by atoms with Crippen LogP contribution in [0.5, 0.6) is 0 Å². The van der Waals surface area contributed by atoms with Crippen LogP contribution in [0.2, 0.25) is 0 Å². The first-order valence-corrected chi connectivity index (χ1v) is 10.1. The molecule has 0 radical (unpaired) electrons. The number of para-hydroxylation sites is 1. The molecule has 29 heavy (non-hydrogen) atoms. The lowest BCUT2D eigenvalue weighted by Crippen LogP contribution is -2.32. The molecule has 8 heteroatoms. The molecule has 4 aromatic rings. The number of pyridine rings is 1. The summed E-state index contributed by atoms with van der Waals surface area (Å²) in [5.41, 5.74) is 4.76. The number of methoxy groups -OCH3 is 1. The van der Waals surface area contributed by atoms with Crippen molar-refractivity contribution < 1.29 is 9.42 Å². The molecular formula is C21H23N6OS+. The average Bonchev–Trinajstić information content (AvgIpc) is 3.25. The summed E-state index contributed by atoms with van der Waals surface area (Å²) in [6.07, 6.45) is 1.76. The van der Waals surface area contributed by atoms with Gasteiger partial charge in [0.1, 0.15) is 16.5 Å². The van der Waals surface area contributed by atoms with E-state index < -0.39 is 0 Å². The van der Waals surface area contributed by atoms with Gasteiger partial charge >= 0.3 is 0 Å². The van der Waals surface area contributed by atoms with E-state index >= 15 is 0 Å². The van der Waals surface area contributed by atoms with Gasteiger partial charge in [-0.05, 0) is 31.2 Å². The number of H-pyrrole nitrogens is 1. The van der Waals surface area contributed by atoms with E-state index in [1.165, 1.54) is 4.70 Å². The number of aliphatic imine (C=N–C) groups is 1. The van der Waals surface area contributed by atoms with Crippen molar-refractivity contribution >= 4 is 39.0 Å². The molecule has 0 aliphatic carbocycles. The van der Waals surface area contributed by atoms with Crippen molar-refractivity contribution in [2.24, 2.45) is 12.0 Å². The third-order valence-electron chi connectivity index (χ3n) is 4.71. The van der Waals surface area contributed by atoms with Crippen LogP contribution in [-0.2, 0) is 18.3 Å². The summed E-state index contributed by atoms with van der Waals surface area (Å²) in [6.45, 7) is 4.64. The number of nitrogens with zero attached hydrogens (tertiary/aromatic N) is 4. The molecule has 1 aromatic carbocycles. The van der Waals surface area contributed by atoms with Crippen molar-refractivity contribution in [2.45, 2.75) is 20.4 Å². The molecule has 4 rings (SSSR count). The second kappa shape index (κ2) is 8.00. The van der Waals surface area contributed by atoms with Gasteiger partial charge in [-0.15, -0.1) is 16.0 Å². The zero-order chi connectivity index (χ0) is 20.4. The van der Waals surface area contributed by atoms with E-state index in [9.17, 15) is 0 Å². The average molecular weight is 408 g/mol. The lowest BCUT2D eigenvalue weighted by atomic mass is 10.2. The van der Waals surface area contributed by atoms with Gasteiger partial charge in [0, 0.05) is 13.1 Å². The maximum atomic E-state index is 5.52. The molecule has 148 valence electrons. The molecule has 0 aliphatic rings. The number of aromatic nitrogens is 4. The molecule has 0 atom stereocenters. The smallest absolute Gasteiger partial charge is 0.230 e. The van der Waals surface area contributed by atoms with Crippen LogP contribution in [0.25, 0.3) is 10.2 Å². The summed E-state index contributed by atoms with van der Waals surface area (Å²) in [5.74, 6) is 1.31. The summed E-state index contributed by atoms with van der Waals surface area (Å²) >= 11 is 1.69. The molecule has 2 N–H and O–H groups in total. The van der Waals surface area contributed by atoms with Crippen LogP contribution in [0.15, 0.2) is 47.6 Å². The van der Waals surface area contributed by atoms with Crippen LogP contribution in [-0.4, -0.2) is 28.1 Å². The summed E-state index contributed by atoms with van der Waals surface area (Å²) < 4.78 is 8.65. The van der Waals surface area contributed by atoms with E-state index in [1.54, 1.807) is 24.6 Å². The minimum Gasteiger partial charge on any atom is -0.481 e. The maximum absolute atomic E-state index is 5.52. The summed E-state index contributed by atoms with van der Waals surface area (Å²) in [6, 6.07) is 12.0. The van der Waals surface area contributed by atoms with Crippen LogP contribution in [0.4, 0.5) is 11.5 Å². The molecular weight excluding hydrogens is 384 g/mol. The molecule has 3 heterocycles. The van der Waals surface area contributed by atoms with E-state index in [2.05, 4.69) is 31.4 Å². The van der Waals surface area contributed by atoms with Crippen LogP contribution < -0.4 is 10.00 Å². The standard InChI is InChI=1S/C21H22N6OS/c1-13-20(14(2)27(3)26-13)25-21(28-4)15-9-10-18(22-11-15)23-12-19-24-16-7-5-6-8-17(16)29-19/h5-11H,12H2,1-4H3,(H,22,23,25)/p+1. The second-order valence-corrected chi connectivity index (χ2v) is 7.83. The Hall–Kier alpha value is -3.26. The molecule has 0 unspecified atom stereocenters. The highest BCUT2D eigenvalue weighted by atomic mass is 32.1. The molecule has 7 nitrogen and oxygen atoms in total. The maximum Gasteiger partial charge on any atom is 0.230 e. The van der Waals surface area contributed by atoms with Crippen molar-refractivity contribution in [1.29, 1.82) is 0 Å². The monoisotopic (exact) mass is 407 g/mol. The van der Waals surface area contributed by atoms with Crippen molar-refractivity contribution in [2.75, 3.05) is 12.4 Å². The van der Waals surface area contributed by atoms with Gasteiger partial charge in [0.05, 0.1) is 29.4 Å². The zero-order valence-electron chi connectivity index (χ0n) is 16.9. The van der Waals surface area contributed by atoms with Gasteiger partial charge in [0.2, 0.25) is 11.6 Å². The molecule has 0 saturated heterocycles. The molecule has 3 aromatic heterocycles. The van der Waals surface area contributed by atoms with E-state index in [4.69, 9.17) is 4.74 Å². The molecule has 0 aliphatic heterocycles. The normalized spacial score (nSPS) is 11.8. The number of aryl methyl sites for hydroxylation is 2. The lowest BCUT2D eigenvalue weighted by Gasteiger charge is -2.07.